The molecule has 0 bridgehead atoms. The smallest absolute Gasteiger partial charge is 0.266 e. The van der Waals surface area contributed by atoms with E-state index in [2.05, 4.69) is 29.2 Å². The number of imide groups is 1. The summed E-state index contributed by atoms with van der Waals surface area (Å²) < 4.78 is 0. The molecule has 0 saturated heterocycles. The zero-order valence-electron chi connectivity index (χ0n) is 19.7. The number of anilines is 4. The highest BCUT2D eigenvalue weighted by Crippen LogP contribution is 2.51. The van der Waals surface area contributed by atoms with Crippen LogP contribution in [0.4, 0.5) is 22.7 Å². The third kappa shape index (κ3) is 3.47. The molecule has 0 radical (unpaired) electrons. The zero-order chi connectivity index (χ0) is 24.9. The fourth-order valence-electron chi connectivity index (χ4n) is 5.02. The molecule has 0 saturated carbocycles. The minimum atomic E-state index is -0.296. The Morgan fingerprint density at radius 3 is 1.65 bits per heavy atom. The normalized spacial score (nSPS) is 13.8. The molecular weight excluding hydrogens is 476 g/mol. The number of amides is 2. The van der Waals surface area contributed by atoms with Crippen molar-refractivity contribution >= 4 is 46.3 Å². The molecule has 5 aromatic carbocycles. The van der Waals surface area contributed by atoms with Crippen LogP contribution in [0.2, 0.25) is 0 Å². The summed E-state index contributed by atoms with van der Waals surface area (Å²) in [5.74, 6) is -0.590. The van der Waals surface area contributed by atoms with Crippen molar-refractivity contribution in [3.8, 4) is 11.1 Å². The van der Waals surface area contributed by atoms with E-state index in [-0.39, 0.29) is 11.8 Å². The molecule has 5 heteroatoms. The van der Waals surface area contributed by atoms with Crippen LogP contribution in [0.1, 0.15) is 20.7 Å². The Kier molecular flexibility index (Phi) is 4.98. The molecule has 0 unspecified atom stereocenters. The van der Waals surface area contributed by atoms with Crippen molar-refractivity contribution in [2.45, 2.75) is 9.79 Å². The van der Waals surface area contributed by atoms with E-state index in [1.54, 1.807) is 17.8 Å². The first-order chi connectivity index (χ1) is 18.2. The molecule has 2 aliphatic heterocycles. The molecule has 0 N–H and O–H groups in total. The first kappa shape index (κ1) is 21.7. The number of hydrogen-bond donors (Lipinski definition) is 0. The van der Waals surface area contributed by atoms with Crippen LogP contribution in [0, 0.1) is 0 Å². The molecule has 176 valence electrons. The third-order valence-corrected chi connectivity index (χ3v) is 7.92. The van der Waals surface area contributed by atoms with Gasteiger partial charge in [-0.25, -0.2) is 4.90 Å². The monoisotopic (exact) mass is 496 g/mol. The van der Waals surface area contributed by atoms with Gasteiger partial charge in [0.2, 0.25) is 0 Å². The largest absolute Gasteiger partial charge is 0.308 e. The Bertz CT molecular complexity index is 1650. The molecular formula is C32H20N2O2S. The molecule has 7 rings (SSSR count). The van der Waals surface area contributed by atoms with Gasteiger partial charge in [0.15, 0.2) is 0 Å². The van der Waals surface area contributed by atoms with Gasteiger partial charge >= 0.3 is 0 Å². The summed E-state index contributed by atoms with van der Waals surface area (Å²) in [4.78, 5) is 32.5. The van der Waals surface area contributed by atoms with Crippen molar-refractivity contribution < 1.29 is 9.59 Å². The molecule has 0 spiro atoms. The quantitative estimate of drug-likeness (QED) is 0.232. The van der Waals surface area contributed by atoms with Gasteiger partial charge in [-0.1, -0.05) is 72.4 Å². The van der Waals surface area contributed by atoms with Gasteiger partial charge in [0.1, 0.15) is 0 Å². The van der Waals surface area contributed by atoms with E-state index in [0.29, 0.717) is 16.8 Å². The van der Waals surface area contributed by atoms with Crippen molar-refractivity contribution in [1.29, 1.82) is 0 Å². The van der Waals surface area contributed by atoms with Gasteiger partial charge in [0.25, 0.3) is 11.8 Å². The van der Waals surface area contributed by atoms with E-state index >= 15 is 0 Å². The van der Waals surface area contributed by atoms with Crippen LogP contribution < -0.4 is 9.80 Å². The SMILES string of the molecule is O=C1c2ccc(-c3ccccc3)cc2C(=O)N1c1ccc(N2c3ccccc3Sc3ccccc32)cc1. The van der Waals surface area contributed by atoms with E-state index in [4.69, 9.17) is 0 Å². The number of hydrogen-bond acceptors (Lipinski definition) is 4. The number of para-hydroxylation sites is 2. The second-order valence-corrected chi connectivity index (χ2v) is 10.0. The molecule has 2 amide bonds. The van der Waals surface area contributed by atoms with Crippen LogP contribution in [0.15, 0.2) is 131 Å². The fraction of sp³-hybridized carbons (Fsp3) is 0. The lowest BCUT2D eigenvalue weighted by atomic mass is 10.0. The molecule has 0 atom stereocenters. The maximum atomic E-state index is 13.4. The van der Waals surface area contributed by atoms with Gasteiger partial charge < -0.3 is 4.90 Å². The van der Waals surface area contributed by atoms with E-state index < -0.39 is 0 Å². The van der Waals surface area contributed by atoms with Crippen LogP contribution in [0.3, 0.4) is 0 Å². The molecule has 5 aromatic rings. The number of fused-ring (bicyclic) bond motifs is 3. The number of rotatable bonds is 3. The maximum Gasteiger partial charge on any atom is 0.266 e. The fourth-order valence-corrected chi connectivity index (χ4v) is 6.08. The summed E-state index contributed by atoms with van der Waals surface area (Å²) >= 11 is 1.76. The lowest BCUT2D eigenvalue weighted by Crippen LogP contribution is -2.29. The van der Waals surface area contributed by atoms with Gasteiger partial charge in [-0.05, 0) is 71.8 Å². The van der Waals surface area contributed by atoms with Gasteiger partial charge in [0, 0.05) is 15.5 Å². The Morgan fingerprint density at radius 2 is 1.00 bits per heavy atom. The van der Waals surface area contributed by atoms with Gasteiger partial charge in [-0.15, -0.1) is 0 Å². The highest BCUT2D eigenvalue weighted by molar-refractivity contribution is 7.99. The van der Waals surface area contributed by atoms with Crippen LogP contribution in [-0.4, -0.2) is 11.8 Å². The molecule has 2 heterocycles. The van der Waals surface area contributed by atoms with Crippen LogP contribution in [0.25, 0.3) is 11.1 Å². The van der Waals surface area contributed by atoms with Crippen LogP contribution in [0.5, 0.6) is 0 Å². The predicted octanol–water partition coefficient (Wildman–Crippen LogP) is 8.09. The van der Waals surface area contributed by atoms with Crippen molar-refractivity contribution in [1.82, 2.24) is 0 Å². The summed E-state index contributed by atoms with van der Waals surface area (Å²) in [5, 5.41) is 0. The van der Waals surface area contributed by atoms with Crippen molar-refractivity contribution in [3.05, 3.63) is 132 Å². The van der Waals surface area contributed by atoms with Crippen LogP contribution >= 0.6 is 11.8 Å². The molecule has 4 nitrogen and oxygen atoms in total. The van der Waals surface area contributed by atoms with Crippen molar-refractivity contribution in [2.24, 2.45) is 0 Å². The number of benzene rings is 5. The minimum Gasteiger partial charge on any atom is -0.308 e. The average molecular weight is 497 g/mol. The zero-order valence-corrected chi connectivity index (χ0v) is 20.5. The number of carbonyl (C=O) groups is 2. The molecule has 0 aromatic heterocycles. The molecule has 0 aliphatic carbocycles. The van der Waals surface area contributed by atoms with E-state index in [1.165, 1.54) is 14.7 Å². The van der Waals surface area contributed by atoms with Gasteiger partial charge in [-0.2, -0.15) is 0 Å². The summed E-state index contributed by atoms with van der Waals surface area (Å²) in [5.41, 5.74) is 6.53. The summed E-state index contributed by atoms with van der Waals surface area (Å²) in [6.45, 7) is 0. The highest BCUT2D eigenvalue weighted by Gasteiger charge is 2.37. The molecule has 37 heavy (non-hydrogen) atoms. The number of carbonyl (C=O) groups excluding carboxylic acids is 2. The summed E-state index contributed by atoms with van der Waals surface area (Å²) in [6.07, 6.45) is 0. The van der Waals surface area contributed by atoms with Gasteiger partial charge in [-0.3, -0.25) is 9.59 Å². The van der Waals surface area contributed by atoms with Gasteiger partial charge in [0.05, 0.1) is 28.2 Å². The third-order valence-electron chi connectivity index (χ3n) is 6.79. The second-order valence-electron chi connectivity index (χ2n) is 8.96. The topological polar surface area (TPSA) is 40.6 Å². The lowest BCUT2D eigenvalue weighted by Gasteiger charge is -2.33. The minimum absolute atomic E-state index is 0.294. The maximum absolute atomic E-state index is 13.4. The summed E-state index contributed by atoms with van der Waals surface area (Å²) in [6, 6.07) is 39.6. The standard InChI is InChI=1S/C32H20N2O2S/c35-31-25-19-14-22(21-8-2-1-3-9-21)20-26(25)32(36)34(31)24-17-15-23(16-18-24)33-27-10-4-6-12-29(27)37-30-13-7-5-11-28(30)33/h1-20H. The Morgan fingerprint density at radius 1 is 0.459 bits per heavy atom. The number of nitrogens with zero attached hydrogens (tertiary/aromatic N) is 2. The Balaban J connectivity index is 1.24. The average Bonchev–Trinajstić information content (AvgIpc) is 3.21. The Labute approximate surface area is 218 Å². The first-order valence-corrected chi connectivity index (χ1v) is 12.8. The second kappa shape index (κ2) is 8.50. The van der Waals surface area contributed by atoms with Crippen molar-refractivity contribution in [2.75, 3.05) is 9.80 Å². The predicted molar refractivity (Wildman–Crippen MR) is 148 cm³/mol. The van der Waals surface area contributed by atoms with E-state index in [0.717, 1.165) is 28.2 Å². The van der Waals surface area contributed by atoms with E-state index in [1.807, 2.05) is 91.0 Å². The Hall–Kier alpha value is -4.61. The molecule has 0 fully saturated rings. The summed E-state index contributed by atoms with van der Waals surface area (Å²) in [7, 11) is 0. The molecule has 2 aliphatic rings. The van der Waals surface area contributed by atoms with E-state index in [9.17, 15) is 9.59 Å². The first-order valence-electron chi connectivity index (χ1n) is 12.0. The van der Waals surface area contributed by atoms with Crippen LogP contribution in [-0.2, 0) is 0 Å². The van der Waals surface area contributed by atoms with Crippen molar-refractivity contribution in [3.63, 3.8) is 0 Å². The highest BCUT2D eigenvalue weighted by atomic mass is 32.2. The lowest BCUT2D eigenvalue weighted by molar-refractivity contribution is 0.0926.